The summed E-state index contributed by atoms with van der Waals surface area (Å²) in [6.45, 7) is 1.13. The van der Waals surface area contributed by atoms with E-state index in [1.54, 1.807) is 31.1 Å². The number of carbonyl (C=O) groups excluding carboxylic acids is 2. The van der Waals surface area contributed by atoms with Crippen LogP contribution in [-0.2, 0) is 20.9 Å². The van der Waals surface area contributed by atoms with Crippen molar-refractivity contribution < 1.29 is 19.1 Å². The van der Waals surface area contributed by atoms with Crippen molar-refractivity contribution in [3.8, 4) is 5.75 Å². The first kappa shape index (κ1) is 18.3. The minimum atomic E-state index is -0.431. The third-order valence-corrected chi connectivity index (χ3v) is 4.37. The largest absolute Gasteiger partial charge is 0.496 e. The molecule has 1 fully saturated rings. The lowest BCUT2D eigenvalue weighted by molar-refractivity contribution is -0.146. The molecule has 24 heavy (non-hydrogen) atoms. The molecule has 2 rings (SSSR count). The second-order valence-electron chi connectivity index (χ2n) is 6.04. The smallest absolute Gasteiger partial charge is 0.252 e. The Balaban J connectivity index is 1.99. The molecule has 0 spiro atoms. The molecule has 6 nitrogen and oxygen atoms in total. The lowest BCUT2D eigenvalue weighted by atomic mass is 10.2. The lowest BCUT2D eigenvalue weighted by Crippen LogP contribution is -2.45. The number of rotatable bonds is 6. The number of benzene rings is 1. The van der Waals surface area contributed by atoms with Crippen molar-refractivity contribution in [1.29, 1.82) is 0 Å². The van der Waals surface area contributed by atoms with Gasteiger partial charge in [0, 0.05) is 32.8 Å². The first-order chi connectivity index (χ1) is 11.6. The highest BCUT2D eigenvalue weighted by Gasteiger charge is 2.28. The van der Waals surface area contributed by atoms with Crippen molar-refractivity contribution in [3.05, 3.63) is 29.8 Å². The molecule has 1 aliphatic heterocycles. The van der Waals surface area contributed by atoms with Crippen molar-refractivity contribution >= 4 is 11.8 Å². The molecule has 1 atom stereocenters. The normalized spacial score (nSPS) is 18.2. The molecule has 132 valence electrons. The number of amides is 2. The van der Waals surface area contributed by atoms with Gasteiger partial charge in [-0.15, -0.1) is 0 Å². The standard InChI is InChI=1S/C18H26N2O4/c1-19(12-14-8-4-5-9-15(14)23-2)17(21)13-20-11-7-6-10-16(24-3)18(20)22/h4-5,8-9,16H,6-7,10-13H2,1-3H3. The van der Waals surface area contributed by atoms with Crippen LogP contribution in [0.25, 0.3) is 0 Å². The maximum Gasteiger partial charge on any atom is 0.252 e. The van der Waals surface area contributed by atoms with Crippen LogP contribution in [0.2, 0.25) is 0 Å². The van der Waals surface area contributed by atoms with E-state index in [1.165, 1.54) is 0 Å². The maximum atomic E-state index is 12.5. The molecule has 2 amide bonds. The molecule has 0 saturated carbocycles. The fourth-order valence-corrected chi connectivity index (χ4v) is 2.91. The molecule has 0 radical (unpaired) electrons. The number of methoxy groups -OCH3 is 2. The first-order valence-corrected chi connectivity index (χ1v) is 8.24. The zero-order valence-corrected chi connectivity index (χ0v) is 14.7. The zero-order valence-electron chi connectivity index (χ0n) is 14.7. The molecule has 1 heterocycles. The van der Waals surface area contributed by atoms with Gasteiger partial charge in [0.1, 0.15) is 11.9 Å². The molecule has 0 aromatic heterocycles. The molecular formula is C18H26N2O4. The van der Waals surface area contributed by atoms with Crippen molar-refractivity contribution in [2.75, 3.05) is 34.4 Å². The van der Waals surface area contributed by atoms with Gasteiger partial charge in [-0.3, -0.25) is 9.59 Å². The van der Waals surface area contributed by atoms with E-state index in [0.717, 1.165) is 30.6 Å². The van der Waals surface area contributed by atoms with Crippen molar-refractivity contribution in [2.45, 2.75) is 31.9 Å². The number of nitrogens with zero attached hydrogens (tertiary/aromatic N) is 2. The van der Waals surface area contributed by atoms with Gasteiger partial charge in [-0.25, -0.2) is 0 Å². The lowest BCUT2D eigenvalue weighted by Gasteiger charge is -2.26. The highest BCUT2D eigenvalue weighted by Crippen LogP contribution is 2.19. The van der Waals surface area contributed by atoms with Crippen LogP contribution in [0.3, 0.4) is 0 Å². The van der Waals surface area contributed by atoms with Gasteiger partial charge in [0.15, 0.2) is 0 Å². The summed E-state index contributed by atoms with van der Waals surface area (Å²) >= 11 is 0. The van der Waals surface area contributed by atoms with Crippen LogP contribution in [0.4, 0.5) is 0 Å². The SMILES string of the molecule is COc1ccccc1CN(C)C(=O)CN1CCCCC(OC)C1=O. The highest BCUT2D eigenvalue weighted by molar-refractivity contribution is 5.87. The summed E-state index contributed by atoms with van der Waals surface area (Å²) in [7, 11) is 4.90. The molecular weight excluding hydrogens is 308 g/mol. The Morgan fingerprint density at radius 3 is 2.75 bits per heavy atom. The van der Waals surface area contributed by atoms with Gasteiger partial charge in [0.05, 0.1) is 13.7 Å². The Morgan fingerprint density at radius 2 is 2.04 bits per heavy atom. The summed E-state index contributed by atoms with van der Waals surface area (Å²) in [5.41, 5.74) is 0.938. The Morgan fingerprint density at radius 1 is 1.29 bits per heavy atom. The number of ether oxygens (including phenoxy) is 2. The second-order valence-corrected chi connectivity index (χ2v) is 6.04. The van der Waals surface area contributed by atoms with Crippen molar-refractivity contribution in [1.82, 2.24) is 9.80 Å². The van der Waals surface area contributed by atoms with Gasteiger partial charge in [0.25, 0.3) is 5.91 Å². The van der Waals surface area contributed by atoms with E-state index >= 15 is 0 Å². The van der Waals surface area contributed by atoms with Crippen LogP contribution < -0.4 is 4.74 Å². The number of likely N-dealkylation sites (N-methyl/N-ethyl adjacent to an activating group) is 1. The van der Waals surface area contributed by atoms with Crippen LogP contribution in [0.5, 0.6) is 5.75 Å². The number of hydrogen-bond donors (Lipinski definition) is 0. The molecule has 6 heteroatoms. The summed E-state index contributed by atoms with van der Waals surface area (Å²) in [6, 6.07) is 7.61. The van der Waals surface area contributed by atoms with Gasteiger partial charge in [-0.05, 0) is 25.3 Å². The Kier molecular flexibility index (Phi) is 6.61. The zero-order chi connectivity index (χ0) is 17.5. The molecule has 1 aromatic rings. The van der Waals surface area contributed by atoms with E-state index in [9.17, 15) is 9.59 Å². The summed E-state index contributed by atoms with van der Waals surface area (Å²) in [5.74, 6) is 0.572. The van der Waals surface area contributed by atoms with Crippen LogP contribution in [0, 0.1) is 0 Å². The minimum Gasteiger partial charge on any atom is -0.496 e. The van der Waals surface area contributed by atoms with Crippen molar-refractivity contribution in [3.63, 3.8) is 0 Å². The third kappa shape index (κ3) is 4.47. The predicted octanol–water partition coefficient (Wildman–Crippen LogP) is 1.68. The number of likely N-dealkylation sites (tertiary alicyclic amines) is 1. The topological polar surface area (TPSA) is 59.1 Å². The summed E-state index contributed by atoms with van der Waals surface area (Å²) in [5, 5.41) is 0. The van der Waals surface area contributed by atoms with E-state index < -0.39 is 6.10 Å². The fourth-order valence-electron chi connectivity index (χ4n) is 2.91. The van der Waals surface area contributed by atoms with E-state index in [0.29, 0.717) is 13.1 Å². The first-order valence-electron chi connectivity index (χ1n) is 8.24. The number of hydrogen-bond acceptors (Lipinski definition) is 4. The van der Waals surface area contributed by atoms with Gasteiger partial charge in [-0.1, -0.05) is 18.2 Å². The van der Waals surface area contributed by atoms with Crippen LogP contribution in [0.1, 0.15) is 24.8 Å². The van der Waals surface area contributed by atoms with Crippen LogP contribution in [0.15, 0.2) is 24.3 Å². The molecule has 1 aromatic carbocycles. The average Bonchev–Trinajstić information content (AvgIpc) is 2.77. The Bertz CT molecular complexity index is 576. The third-order valence-electron chi connectivity index (χ3n) is 4.37. The summed E-state index contributed by atoms with van der Waals surface area (Å²) < 4.78 is 10.6. The monoisotopic (exact) mass is 334 g/mol. The van der Waals surface area contributed by atoms with E-state index in [4.69, 9.17) is 9.47 Å². The fraction of sp³-hybridized carbons (Fsp3) is 0.556. The number of para-hydroxylation sites is 1. The summed E-state index contributed by atoms with van der Waals surface area (Å²) in [6.07, 6.45) is 2.12. The highest BCUT2D eigenvalue weighted by atomic mass is 16.5. The maximum absolute atomic E-state index is 12.5. The Hall–Kier alpha value is -2.08. The summed E-state index contributed by atoms with van der Waals surface area (Å²) in [4.78, 5) is 28.2. The number of carbonyl (C=O) groups is 2. The van der Waals surface area contributed by atoms with E-state index in [2.05, 4.69) is 0 Å². The van der Waals surface area contributed by atoms with Gasteiger partial charge >= 0.3 is 0 Å². The van der Waals surface area contributed by atoms with E-state index in [1.807, 2.05) is 24.3 Å². The van der Waals surface area contributed by atoms with Crippen LogP contribution >= 0.6 is 0 Å². The molecule has 0 N–H and O–H groups in total. The quantitative estimate of drug-likeness (QED) is 0.794. The molecule has 1 unspecified atom stereocenters. The Labute approximate surface area is 143 Å². The average molecular weight is 334 g/mol. The molecule has 0 bridgehead atoms. The van der Waals surface area contributed by atoms with Crippen LogP contribution in [-0.4, -0.2) is 62.1 Å². The second kappa shape index (κ2) is 8.68. The van der Waals surface area contributed by atoms with E-state index in [-0.39, 0.29) is 18.4 Å². The predicted molar refractivity (Wildman–Crippen MR) is 90.7 cm³/mol. The minimum absolute atomic E-state index is 0.0876. The molecule has 1 aliphatic rings. The molecule has 0 aliphatic carbocycles. The molecule has 1 saturated heterocycles. The van der Waals surface area contributed by atoms with Gasteiger partial charge < -0.3 is 19.3 Å². The van der Waals surface area contributed by atoms with Gasteiger partial charge in [-0.2, -0.15) is 0 Å². The van der Waals surface area contributed by atoms with Gasteiger partial charge in [0.2, 0.25) is 5.91 Å². The van der Waals surface area contributed by atoms with Crippen molar-refractivity contribution in [2.24, 2.45) is 0 Å².